The van der Waals surface area contributed by atoms with Gasteiger partial charge in [-0.05, 0) is 70.0 Å². The molecule has 0 unspecified atom stereocenters. The number of aromatic nitrogens is 4. The van der Waals surface area contributed by atoms with E-state index in [0.717, 1.165) is 0 Å². The van der Waals surface area contributed by atoms with Crippen LogP contribution < -0.4 is 5.73 Å². The molecule has 5 rings (SSSR count). The van der Waals surface area contributed by atoms with Gasteiger partial charge >= 0.3 is 6.09 Å². The Kier molecular flexibility index (Phi) is 7.06. The van der Waals surface area contributed by atoms with Crippen molar-refractivity contribution in [3.05, 3.63) is 48.0 Å². The standard InChI is InChI=1S/C27H31FN6O4S/c1-4-38-27(35)34-11-9-17(10-12-34)25-31-22(16-5-7-19(28)8-6-16)23(32-25)18-13-20-24(33-26(29)30-20)21(14-18)39(36,37)15(2)3/h5-8,13-15,17H,4,9-12H2,1-3H3,(H,31,32)(H3,29,30,33). The number of sulfone groups is 1. The van der Waals surface area contributed by atoms with Crippen LogP contribution in [0.5, 0.6) is 0 Å². The summed E-state index contributed by atoms with van der Waals surface area (Å²) < 4.78 is 45.5. The molecule has 0 saturated carbocycles. The van der Waals surface area contributed by atoms with Gasteiger partial charge in [-0.3, -0.25) is 0 Å². The van der Waals surface area contributed by atoms with Gasteiger partial charge in [0.05, 0.1) is 33.7 Å². The zero-order valence-electron chi connectivity index (χ0n) is 22.0. The second kappa shape index (κ2) is 10.3. The minimum Gasteiger partial charge on any atom is -0.450 e. The molecule has 0 aliphatic carbocycles. The number of piperidine rings is 1. The minimum atomic E-state index is -3.71. The lowest BCUT2D eigenvalue weighted by molar-refractivity contribution is 0.0966. The summed E-state index contributed by atoms with van der Waals surface area (Å²) in [6.45, 7) is 6.39. The average Bonchev–Trinajstić information content (AvgIpc) is 3.52. The Morgan fingerprint density at radius 1 is 1.13 bits per heavy atom. The molecular weight excluding hydrogens is 523 g/mol. The van der Waals surface area contributed by atoms with Gasteiger partial charge in [-0.15, -0.1) is 0 Å². The lowest BCUT2D eigenvalue weighted by Gasteiger charge is -2.30. The third-order valence-electron chi connectivity index (χ3n) is 7.03. The number of nitrogen functional groups attached to an aromatic ring is 1. The maximum atomic E-state index is 13.8. The number of hydrogen-bond donors (Lipinski definition) is 3. The fourth-order valence-corrected chi connectivity index (χ4v) is 6.11. The highest BCUT2D eigenvalue weighted by Crippen LogP contribution is 2.38. The number of aromatic amines is 2. The summed E-state index contributed by atoms with van der Waals surface area (Å²) in [6, 6.07) is 9.38. The van der Waals surface area contributed by atoms with Crippen LogP contribution in [0.25, 0.3) is 33.5 Å². The number of nitrogens with two attached hydrogens (primary N) is 1. The van der Waals surface area contributed by atoms with E-state index in [-0.39, 0.29) is 34.2 Å². The van der Waals surface area contributed by atoms with Gasteiger partial charge in [0, 0.05) is 30.1 Å². The summed E-state index contributed by atoms with van der Waals surface area (Å²) in [7, 11) is -3.71. The number of fused-ring (bicyclic) bond motifs is 1. The lowest BCUT2D eigenvalue weighted by atomic mass is 9.96. The number of rotatable bonds is 6. The van der Waals surface area contributed by atoms with Crippen LogP contribution >= 0.6 is 0 Å². The van der Waals surface area contributed by atoms with Crippen molar-refractivity contribution in [2.75, 3.05) is 25.4 Å². The van der Waals surface area contributed by atoms with Gasteiger partial charge in [0.25, 0.3) is 0 Å². The quantitative estimate of drug-likeness (QED) is 0.308. The number of anilines is 1. The number of nitrogens with one attached hydrogen (secondary N) is 2. The van der Waals surface area contributed by atoms with Gasteiger partial charge in [-0.2, -0.15) is 0 Å². The first-order chi connectivity index (χ1) is 18.6. The third-order valence-corrected chi connectivity index (χ3v) is 9.20. The largest absolute Gasteiger partial charge is 0.450 e. The van der Waals surface area contributed by atoms with E-state index in [1.54, 1.807) is 49.9 Å². The fourth-order valence-electron chi connectivity index (χ4n) is 4.88. The topological polar surface area (TPSA) is 147 Å². The number of carbonyl (C=O) groups is 1. The predicted octanol–water partition coefficient (Wildman–Crippen LogP) is 4.86. The van der Waals surface area contributed by atoms with Gasteiger partial charge < -0.3 is 25.3 Å². The number of carbonyl (C=O) groups excluding carboxylic acids is 1. The van der Waals surface area contributed by atoms with E-state index >= 15 is 0 Å². The Balaban J connectivity index is 1.62. The Labute approximate surface area is 225 Å². The molecule has 2 aromatic carbocycles. The van der Waals surface area contributed by atoms with Crippen LogP contribution in [0.2, 0.25) is 0 Å². The summed E-state index contributed by atoms with van der Waals surface area (Å²) in [5.74, 6) is 0.488. The van der Waals surface area contributed by atoms with E-state index < -0.39 is 15.1 Å². The molecule has 12 heteroatoms. The second-order valence-corrected chi connectivity index (χ2v) is 12.4. The smallest absolute Gasteiger partial charge is 0.409 e. The van der Waals surface area contributed by atoms with E-state index in [1.165, 1.54) is 12.1 Å². The predicted molar refractivity (Wildman–Crippen MR) is 146 cm³/mol. The number of H-pyrrole nitrogens is 2. The van der Waals surface area contributed by atoms with Crippen molar-refractivity contribution in [3.8, 4) is 22.5 Å². The molecule has 0 radical (unpaired) electrons. The Morgan fingerprint density at radius 3 is 2.46 bits per heavy atom. The van der Waals surface area contributed by atoms with Crippen molar-refractivity contribution in [1.82, 2.24) is 24.8 Å². The molecule has 1 amide bonds. The highest BCUT2D eigenvalue weighted by Gasteiger charge is 2.29. The van der Waals surface area contributed by atoms with Crippen molar-refractivity contribution in [1.29, 1.82) is 0 Å². The van der Waals surface area contributed by atoms with Crippen LogP contribution in [0.3, 0.4) is 0 Å². The second-order valence-electron chi connectivity index (χ2n) is 9.90. The molecule has 39 heavy (non-hydrogen) atoms. The number of likely N-dealkylation sites (tertiary alicyclic amines) is 1. The molecule has 1 fully saturated rings. The SMILES string of the molecule is CCOC(=O)N1CCC(c2nc(-c3cc(S(=O)(=O)C(C)C)c4nc(N)[nH]c4c3)c(-c3ccc(F)cc3)[nH]2)CC1. The van der Waals surface area contributed by atoms with Crippen LogP contribution in [0, 0.1) is 5.82 Å². The fraction of sp³-hybridized carbons (Fsp3) is 0.370. The summed E-state index contributed by atoms with van der Waals surface area (Å²) in [5.41, 5.74) is 9.06. The Bertz CT molecular complexity index is 1620. The van der Waals surface area contributed by atoms with E-state index in [2.05, 4.69) is 15.0 Å². The molecule has 1 saturated heterocycles. The monoisotopic (exact) mass is 554 g/mol. The molecule has 4 N–H and O–H groups in total. The highest BCUT2D eigenvalue weighted by atomic mass is 32.2. The molecule has 0 bridgehead atoms. The van der Waals surface area contributed by atoms with Crippen molar-refractivity contribution < 1.29 is 22.3 Å². The zero-order chi connectivity index (χ0) is 27.9. The number of amides is 1. The van der Waals surface area contributed by atoms with E-state index in [4.69, 9.17) is 15.5 Å². The summed E-state index contributed by atoms with van der Waals surface area (Å²) in [5, 5.41) is -0.676. The minimum absolute atomic E-state index is 0.0361. The van der Waals surface area contributed by atoms with Crippen LogP contribution in [-0.4, -0.2) is 64.3 Å². The van der Waals surface area contributed by atoms with Crippen molar-refractivity contribution in [2.45, 2.75) is 49.7 Å². The van der Waals surface area contributed by atoms with Gasteiger partial charge in [0.1, 0.15) is 17.2 Å². The van der Waals surface area contributed by atoms with E-state index in [1.807, 2.05) is 0 Å². The Morgan fingerprint density at radius 2 is 1.82 bits per heavy atom. The molecular formula is C27H31FN6O4S. The summed E-state index contributed by atoms with van der Waals surface area (Å²) in [4.78, 5) is 29.4. The normalized spacial score (nSPS) is 14.8. The number of nitrogens with zero attached hydrogens (tertiary/aromatic N) is 3. The number of halogens is 1. The molecule has 1 aliphatic heterocycles. The Hall–Kier alpha value is -3.93. The van der Waals surface area contributed by atoms with Crippen LogP contribution in [0.15, 0.2) is 41.3 Å². The first-order valence-electron chi connectivity index (χ1n) is 12.9. The number of ether oxygens (including phenoxy) is 1. The van der Waals surface area contributed by atoms with Crippen LogP contribution in [-0.2, 0) is 14.6 Å². The number of benzene rings is 2. The molecule has 0 spiro atoms. The van der Waals surface area contributed by atoms with Crippen LogP contribution in [0.1, 0.15) is 45.4 Å². The summed E-state index contributed by atoms with van der Waals surface area (Å²) >= 11 is 0. The van der Waals surface area contributed by atoms with Gasteiger partial charge in [0.15, 0.2) is 15.8 Å². The molecule has 1 aliphatic rings. The van der Waals surface area contributed by atoms with E-state index in [0.29, 0.717) is 66.4 Å². The summed E-state index contributed by atoms with van der Waals surface area (Å²) in [6.07, 6.45) is 1.03. The maximum Gasteiger partial charge on any atom is 0.409 e. The molecule has 4 aromatic rings. The number of imidazole rings is 2. The maximum absolute atomic E-state index is 13.8. The molecule has 206 valence electrons. The molecule has 10 nitrogen and oxygen atoms in total. The van der Waals surface area contributed by atoms with Gasteiger partial charge in [-0.1, -0.05) is 0 Å². The first-order valence-corrected chi connectivity index (χ1v) is 14.4. The molecule has 0 atom stereocenters. The molecule has 3 heterocycles. The van der Waals surface area contributed by atoms with Crippen molar-refractivity contribution >= 4 is 32.9 Å². The van der Waals surface area contributed by atoms with Crippen molar-refractivity contribution in [2.24, 2.45) is 0 Å². The zero-order valence-corrected chi connectivity index (χ0v) is 22.8. The molecule has 2 aromatic heterocycles. The third kappa shape index (κ3) is 5.08. The van der Waals surface area contributed by atoms with Gasteiger partial charge in [0.2, 0.25) is 0 Å². The van der Waals surface area contributed by atoms with Gasteiger partial charge in [-0.25, -0.2) is 27.6 Å². The lowest BCUT2D eigenvalue weighted by Crippen LogP contribution is -2.38. The number of hydrogen-bond acceptors (Lipinski definition) is 7. The highest BCUT2D eigenvalue weighted by molar-refractivity contribution is 7.92. The van der Waals surface area contributed by atoms with Crippen LogP contribution in [0.4, 0.5) is 15.1 Å². The van der Waals surface area contributed by atoms with E-state index in [9.17, 15) is 17.6 Å². The average molecular weight is 555 g/mol. The first kappa shape index (κ1) is 26.7. The van der Waals surface area contributed by atoms with Crippen molar-refractivity contribution in [3.63, 3.8) is 0 Å².